The number of esters is 1. The van der Waals surface area contributed by atoms with Gasteiger partial charge in [0.15, 0.2) is 0 Å². The number of amides is 1. The van der Waals surface area contributed by atoms with Gasteiger partial charge in [0.2, 0.25) is 0 Å². The Hall–Kier alpha value is -2.74. The lowest BCUT2D eigenvalue weighted by Gasteiger charge is -2.32. The van der Waals surface area contributed by atoms with Gasteiger partial charge >= 0.3 is 12.1 Å². The summed E-state index contributed by atoms with van der Waals surface area (Å²) < 4.78 is 22.4. The molecule has 2 rings (SSSR count). The van der Waals surface area contributed by atoms with Gasteiger partial charge in [-0.05, 0) is 76.4 Å². The monoisotopic (exact) mass is 535 g/mol. The van der Waals surface area contributed by atoms with Crippen molar-refractivity contribution < 1.29 is 28.5 Å². The number of benzene rings is 2. The summed E-state index contributed by atoms with van der Waals surface area (Å²) in [5, 5.41) is 0. The van der Waals surface area contributed by atoms with Crippen LogP contribution in [0.4, 0.5) is 4.79 Å². The zero-order valence-corrected chi connectivity index (χ0v) is 22.3. The third kappa shape index (κ3) is 8.56. The van der Waals surface area contributed by atoms with E-state index in [0.29, 0.717) is 37.3 Å². The summed E-state index contributed by atoms with van der Waals surface area (Å²) in [4.78, 5) is 26.7. The highest BCUT2D eigenvalue weighted by atomic mass is 79.9. The van der Waals surface area contributed by atoms with Crippen molar-refractivity contribution in [2.24, 2.45) is 0 Å². The summed E-state index contributed by atoms with van der Waals surface area (Å²) in [5.74, 6) is 0.763. The molecule has 34 heavy (non-hydrogen) atoms. The average molecular weight is 536 g/mol. The van der Waals surface area contributed by atoms with E-state index in [1.807, 2.05) is 52.0 Å². The van der Waals surface area contributed by atoms with E-state index >= 15 is 0 Å². The van der Waals surface area contributed by atoms with Crippen molar-refractivity contribution in [3.05, 3.63) is 58.1 Å². The van der Waals surface area contributed by atoms with Crippen molar-refractivity contribution in [1.29, 1.82) is 0 Å². The number of ether oxygens (including phenoxy) is 4. The third-order valence-corrected chi connectivity index (χ3v) is 5.54. The predicted octanol–water partition coefficient (Wildman–Crippen LogP) is 6.23. The van der Waals surface area contributed by atoms with Gasteiger partial charge in [0.05, 0.1) is 20.8 Å². The summed E-state index contributed by atoms with van der Waals surface area (Å²) in [6.45, 7) is 8.35. The Morgan fingerprint density at radius 2 is 1.74 bits per heavy atom. The molecule has 186 valence electrons. The molecule has 8 heteroatoms. The molecule has 0 fully saturated rings. The largest absolute Gasteiger partial charge is 0.497 e. The molecule has 0 N–H and O–H groups in total. The van der Waals surface area contributed by atoms with Gasteiger partial charge in [-0.2, -0.15) is 0 Å². The minimum absolute atomic E-state index is 0.0943. The Morgan fingerprint density at radius 1 is 1.06 bits per heavy atom. The number of hydrogen-bond donors (Lipinski definition) is 0. The predicted molar refractivity (Wildman–Crippen MR) is 134 cm³/mol. The van der Waals surface area contributed by atoms with Crippen molar-refractivity contribution in [1.82, 2.24) is 4.90 Å². The van der Waals surface area contributed by atoms with Crippen molar-refractivity contribution >= 4 is 28.0 Å². The maximum absolute atomic E-state index is 13.0. The van der Waals surface area contributed by atoms with Crippen LogP contribution in [0.15, 0.2) is 46.9 Å². The number of halogens is 1. The van der Waals surface area contributed by atoms with Crippen LogP contribution in [0.3, 0.4) is 0 Å². The molecule has 0 aliphatic carbocycles. The maximum Gasteiger partial charge on any atom is 0.410 e. The molecule has 0 saturated carbocycles. The van der Waals surface area contributed by atoms with Crippen LogP contribution in [0.25, 0.3) is 0 Å². The highest BCUT2D eigenvalue weighted by Crippen LogP contribution is 2.25. The van der Waals surface area contributed by atoms with Gasteiger partial charge < -0.3 is 23.8 Å². The van der Waals surface area contributed by atoms with Crippen LogP contribution in [-0.4, -0.2) is 49.4 Å². The van der Waals surface area contributed by atoms with E-state index in [1.165, 1.54) is 7.11 Å². The van der Waals surface area contributed by atoms with Gasteiger partial charge in [-0.3, -0.25) is 0 Å². The molecule has 0 heterocycles. The summed E-state index contributed by atoms with van der Waals surface area (Å²) in [6.07, 6.45) is 1.00. The van der Waals surface area contributed by atoms with E-state index < -0.39 is 11.6 Å². The Labute approximate surface area is 210 Å². The fourth-order valence-corrected chi connectivity index (χ4v) is 3.60. The number of rotatable bonds is 10. The zero-order chi connectivity index (χ0) is 25.3. The smallest absolute Gasteiger partial charge is 0.410 e. The summed E-state index contributed by atoms with van der Waals surface area (Å²) >= 11 is 3.40. The number of carbonyl (C=O) groups is 2. The van der Waals surface area contributed by atoms with Crippen LogP contribution < -0.4 is 9.47 Å². The molecule has 7 nitrogen and oxygen atoms in total. The molecule has 0 aliphatic heterocycles. The van der Waals surface area contributed by atoms with Crippen molar-refractivity contribution in [3.63, 3.8) is 0 Å². The normalized spacial score (nSPS) is 12.0. The molecule has 0 bridgehead atoms. The maximum atomic E-state index is 13.0. The standard InChI is InChI=1S/C26H34BrNO6/c1-18(8-7-15-33-23-16-20(27)11-14-22(23)24(29)32-6)28(25(30)34-26(2,3)4)17-19-9-12-21(31-5)13-10-19/h9-14,16,18H,7-8,15,17H2,1-6H3. The first kappa shape index (κ1) is 27.5. The van der Waals surface area contributed by atoms with Crippen LogP contribution in [0.2, 0.25) is 0 Å². The Kier molecular flexibility index (Phi) is 10.2. The van der Waals surface area contributed by atoms with Crippen LogP contribution in [0.5, 0.6) is 11.5 Å². The minimum atomic E-state index is -0.594. The van der Waals surface area contributed by atoms with Crippen molar-refractivity contribution in [2.75, 3.05) is 20.8 Å². The van der Waals surface area contributed by atoms with Gasteiger partial charge in [0.1, 0.15) is 22.7 Å². The number of methoxy groups -OCH3 is 2. The Morgan fingerprint density at radius 3 is 2.32 bits per heavy atom. The second kappa shape index (κ2) is 12.6. The molecule has 1 amide bonds. The zero-order valence-electron chi connectivity index (χ0n) is 20.7. The van der Waals surface area contributed by atoms with Crippen molar-refractivity contribution in [2.45, 2.75) is 58.7 Å². The molecule has 2 aromatic rings. The lowest BCUT2D eigenvalue weighted by atomic mass is 10.1. The molecule has 0 saturated heterocycles. The highest BCUT2D eigenvalue weighted by Gasteiger charge is 2.26. The lowest BCUT2D eigenvalue weighted by molar-refractivity contribution is 0.0143. The van der Waals surface area contributed by atoms with Crippen LogP contribution in [-0.2, 0) is 16.0 Å². The van der Waals surface area contributed by atoms with E-state index in [1.54, 1.807) is 30.2 Å². The fourth-order valence-electron chi connectivity index (χ4n) is 3.26. The van der Waals surface area contributed by atoms with Crippen LogP contribution in [0, 0.1) is 0 Å². The van der Waals surface area contributed by atoms with E-state index in [2.05, 4.69) is 15.9 Å². The SMILES string of the molecule is COC(=O)c1ccc(Br)cc1OCCCC(C)N(Cc1ccc(OC)cc1)C(=O)OC(C)(C)C. The molecule has 1 unspecified atom stereocenters. The quantitative estimate of drug-likeness (QED) is 0.265. The number of nitrogens with zero attached hydrogens (tertiary/aromatic N) is 1. The molecular formula is C26H34BrNO6. The molecule has 0 spiro atoms. The second-order valence-electron chi connectivity index (χ2n) is 8.93. The third-order valence-electron chi connectivity index (χ3n) is 5.04. The van der Waals surface area contributed by atoms with E-state index in [9.17, 15) is 9.59 Å². The molecule has 2 aromatic carbocycles. The van der Waals surface area contributed by atoms with Gasteiger partial charge in [0, 0.05) is 17.1 Å². The van der Waals surface area contributed by atoms with Gasteiger partial charge in [-0.25, -0.2) is 9.59 Å². The minimum Gasteiger partial charge on any atom is -0.497 e. The first-order valence-corrected chi connectivity index (χ1v) is 12.0. The van der Waals surface area contributed by atoms with Crippen LogP contribution >= 0.6 is 15.9 Å². The fraction of sp³-hybridized carbons (Fsp3) is 0.462. The van der Waals surface area contributed by atoms with E-state index in [0.717, 1.165) is 15.8 Å². The van der Waals surface area contributed by atoms with E-state index in [-0.39, 0.29) is 12.1 Å². The molecule has 0 aromatic heterocycles. The summed E-state index contributed by atoms with van der Waals surface area (Å²) in [5.41, 5.74) is 0.753. The van der Waals surface area contributed by atoms with Crippen LogP contribution in [0.1, 0.15) is 56.5 Å². The highest BCUT2D eigenvalue weighted by molar-refractivity contribution is 9.10. The molecule has 0 aliphatic rings. The summed E-state index contributed by atoms with van der Waals surface area (Å²) in [6, 6.07) is 12.7. The number of hydrogen-bond acceptors (Lipinski definition) is 6. The lowest BCUT2D eigenvalue weighted by Crippen LogP contribution is -2.41. The Bertz CT molecular complexity index is 955. The van der Waals surface area contributed by atoms with Gasteiger partial charge in [-0.1, -0.05) is 28.1 Å². The van der Waals surface area contributed by atoms with Gasteiger partial charge in [0.25, 0.3) is 0 Å². The second-order valence-corrected chi connectivity index (χ2v) is 9.84. The van der Waals surface area contributed by atoms with Gasteiger partial charge in [-0.15, -0.1) is 0 Å². The van der Waals surface area contributed by atoms with E-state index in [4.69, 9.17) is 18.9 Å². The number of carbonyl (C=O) groups excluding carboxylic acids is 2. The van der Waals surface area contributed by atoms with Crippen molar-refractivity contribution in [3.8, 4) is 11.5 Å². The first-order chi connectivity index (χ1) is 16.0. The molecule has 0 radical (unpaired) electrons. The molecule has 1 atom stereocenters. The Balaban J connectivity index is 2.04. The topological polar surface area (TPSA) is 74.3 Å². The molecular weight excluding hydrogens is 502 g/mol. The first-order valence-electron chi connectivity index (χ1n) is 11.2. The summed E-state index contributed by atoms with van der Waals surface area (Å²) in [7, 11) is 2.96. The average Bonchev–Trinajstić information content (AvgIpc) is 2.79.